The Hall–Kier alpha value is -0.610. The van der Waals surface area contributed by atoms with Crippen molar-refractivity contribution in [1.82, 2.24) is 10.2 Å². The van der Waals surface area contributed by atoms with Crippen molar-refractivity contribution in [3.63, 3.8) is 0 Å². The van der Waals surface area contributed by atoms with Crippen LogP contribution in [0.25, 0.3) is 0 Å². The summed E-state index contributed by atoms with van der Waals surface area (Å²) in [5.41, 5.74) is -0.311. The second-order valence-electron chi connectivity index (χ2n) is 8.65. The van der Waals surface area contributed by atoms with Gasteiger partial charge >= 0.3 is 0 Å². The molecule has 1 aliphatic carbocycles. The number of nitrogens with one attached hydrogen (secondary N) is 1. The number of amides is 1. The number of nitrogens with zero attached hydrogens (tertiary/aromatic N) is 1. The molecule has 1 amide bonds. The van der Waals surface area contributed by atoms with Gasteiger partial charge in [-0.2, -0.15) is 0 Å². The van der Waals surface area contributed by atoms with E-state index in [1.165, 1.54) is 12.8 Å². The van der Waals surface area contributed by atoms with Crippen molar-refractivity contribution < 1.29 is 9.90 Å². The van der Waals surface area contributed by atoms with E-state index in [4.69, 9.17) is 0 Å². The van der Waals surface area contributed by atoms with E-state index in [-0.39, 0.29) is 11.9 Å². The molecular formula is C18H34N2O2. The topological polar surface area (TPSA) is 52.6 Å². The van der Waals surface area contributed by atoms with Crippen LogP contribution in [0.4, 0.5) is 0 Å². The maximum absolute atomic E-state index is 13.2. The number of aliphatic hydroxyl groups is 1. The summed E-state index contributed by atoms with van der Waals surface area (Å²) >= 11 is 0. The monoisotopic (exact) mass is 310 g/mol. The molecular weight excluding hydrogens is 276 g/mol. The molecule has 1 saturated heterocycles. The smallest absolute Gasteiger partial charge is 0.231 e. The lowest BCUT2D eigenvalue weighted by Crippen LogP contribution is -2.56. The third-order valence-electron chi connectivity index (χ3n) is 5.96. The van der Waals surface area contributed by atoms with Gasteiger partial charge in [0.25, 0.3) is 0 Å². The van der Waals surface area contributed by atoms with Crippen molar-refractivity contribution in [2.24, 2.45) is 10.8 Å². The van der Waals surface area contributed by atoms with Crippen LogP contribution in [0.15, 0.2) is 0 Å². The Bertz CT molecular complexity index is 388. The van der Waals surface area contributed by atoms with Gasteiger partial charge in [0.05, 0.1) is 11.5 Å². The summed E-state index contributed by atoms with van der Waals surface area (Å²) in [5.74, 6) is 0.126. The molecule has 2 rings (SSSR count). The summed E-state index contributed by atoms with van der Waals surface area (Å²) in [6.07, 6.45) is 4.93. The second-order valence-corrected chi connectivity index (χ2v) is 8.65. The Labute approximate surface area is 135 Å². The molecule has 0 spiro atoms. The van der Waals surface area contributed by atoms with Crippen molar-refractivity contribution in [1.29, 1.82) is 0 Å². The van der Waals surface area contributed by atoms with Crippen LogP contribution in [0.1, 0.15) is 66.7 Å². The van der Waals surface area contributed by atoms with Gasteiger partial charge in [-0.1, -0.05) is 13.8 Å². The molecule has 2 atom stereocenters. The molecule has 22 heavy (non-hydrogen) atoms. The molecule has 2 fully saturated rings. The lowest BCUT2D eigenvalue weighted by Gasteiger charge is -2.45. The molecule has 1 heterocycles. The zero-order chi connectivity index (χ0) is 16.5. The number of rotatable bonds is 4. The van der Waals surface area contributed by atoms with Gasteiger partial charge in [0.1, 0.15) is 0 Å². The van der Waals surface area contributed by atoms with E-state index in [0.29, 0.717) is 11.5 Å². The van der Waals surface area contributed by atoms with E-state index in [0.717, 1.165) is 32.4 Å². The number of aliphatic hydroxyl groups excluding tert-OH is 1. The summed E-state index contributed by atoms with van der Waals surface area (Å²) in [6, 6.07) is 0.625. The Morgan fingerprint density at radius 3 is 2.27 bits per heavy atom. The highest BCUT2D eigenvalue weighted by molar-refractivity contribution is 5.83. The maximum atomic E-state index is 13.2. The van der Waals surface area contributed by atoms with Gasteiger partial charge in [-0.3, -0.25) is 4.79 Å². The third kappa shape index (κ3) is 3.65. The maximum Gasteiger partial charge on any atom is 0.231 e. The first kappa shape index (κ1) is 17.7. The quantitative estimate of drug-likeness (QED) is 0.839. The average molecular weight is 310 g/mol. The minimum Gasteiger partial charge on any atom is -0.392 e. The fourth-order valence-corrected chi connectivity index (χ4v) is 3.68. The standard InChI is InChI=1S/C18H34N2O2/c1-13(21)18(4,5)16(22)20(15-8-11-19-12-15)14-6-9-17(2,3)10-7-14/h13-15,19,21H,6-12H2,1-5H3. The molecule has 4 nitrogen and oxygen atoms in total. The van der Waals surface area contributed by atoms with Gasteiger partial charge < -0.3 is 15.3 Å². The summed E-state index contributed by atoms with van der Waals surface area (Å²) in [7, 11) is 0. The number of carbonyl (C=O) groups excluding carboxylic acids is 1. The van der Waals surface area contributed by atoms with E-state index in [9.17, 15) is 9.90 Å². The fourth-order valence-electron chi connectivity index (χ4n) is 3.68. The van der Waals surface area contributed by atoms with Gasteiger partial charge in [0, 0.05) is 18.6 Å². The highest BCUT2D eigenvalue weighted by Gasteiger charge is 2.43. The largest absolute Gasteiger partial charge is 0.392 e. The molecule has 0 aromatic heterocycles. The molecule has 0 radical (unpaired) electrons. The SMILES string of the molecule is CC(O)C(C)(C)C(=O)N(C1CCC(C)(C)CC1)C1CCNC1. The fraction of sp³-hybridized carbons (Fsp3) is 0.944. The first-order valence-corrected chi connectivity index (χ1v) is 8.87. The summed E-state index contributed by atoms with van der Waals surface area (Å²) in [6.45, 7) is 12.0. The molecule has 2 N–H and O–H groups in total. The molecule has 0 aromatic carbocycles. The highest BCUT2D eigenvalue weighted by Crippen LogP contribution is 2.39. The van der Waals surface area contributed by atoms with Crippen LogP contribution in [0, 0.1) is 10.8 Å². The third-order valence-corrected chi connectivity index (χ3v) is 5.96. The van der Waals surface area contributed by atoms with E-state index in [1.807, 2.05) is 13.8 Å². The Balaban J connectivity index is 2.18. The molecule has 4 heteroatoms. The molecule has 0 aromatic rings. The molecule has 2 aliphatic rings. The van der Waals surface area contributed by atoms with Gasteiger partial charge in [-0.25, -0.2) is 0 Å². The molecule has 2 unspecified atom stereocenters. The van der Waals surface area contributed by atoms with E-state index in [1.54, 1.807) is 6.92 Å². The normalized spacial score (nSPS) is 27.6. The van der Waals surface area contributed by atoms with Crippen molar-refractivity contribution in [2.75, 3.05) is 13.1 Å². The average Bonchev–Trinajstić information content (AvgIpc) is 2.94. The van der Waals surface area contributed by atoms with Crippen LogP contribution in [0.2, 0.25) is 0 Å². The minimum atomic E-state index is -0.713. The van der Waals surface area contributed by atoms with Gasteiger partial charge in [-0.15, -0.1) is 0 Å². The van der Waals surface area contributed by atoms with Crippen molar-refractivity contribution in [3.8, 4) is 0 Å². The van der Waals surface area contributed by atoms with Crippen molar-refractivity contribution in [3.05, 3.63) is 0 Å². The van der Waals surface area contributed by atoms with Gasteiger partial charge in [0.2, 0.25) is 5.91 Å². The first-order chi connectivity index (χ1) is 10.1. The summed E-state index contributed by atoms with van der Waals surface area (Å²) < 4.78 is 0. The second kappa shape index (κ2) is 6.48. The molecule has 1 saturated carbocycles. The molecule has 1 aliphatic heterocycles. The van der Waals surface area contributed by atoms with E-state index >= 15 is 0 Å². The predicted molar refractivity (Wildman–Crippen MR) is 89.6 cm³/mol. The van der Waals surface area contributed by atoms with E-state index in [2.05, 4.69) is 24.1 Å². The van der Waals surface area contributed by atoms with Gasteiger partial charge in [-0.05, 0) is 64.8 Å². The zero-order valence-electron chi connectivity index (χ0n) is 15.0. The van der Waals surface area contributed by atoms with Crippen LogP contribution >= 0.6 is 0 Å². The Kier molecular flexibility index (Phi) is 5.23. The first-order valence-electron chi connectivity index (χ1n) is 8.87. The van der Waals surface area contributed by atoms with Crippen molar-refractivity contribution in [2.45, 2.75) is 84.9 Å². The highest BCUT2D eigenvalue weighted by atomic mass is 16.3. The Morgan fingerprint density at radius 2 is 1.82 bits per heavy atom. The van der Waals surface area contributed by atoms with Crippen LogP contribution in [-0.2, 0) is 4.79 Å². The minimum absolute atomic E-state index is 0.126. The molecule has 0 bridgehead atoms. The summed E-state index contributed by atoms with van der Waals surface area (Å²) in [4.78, 5) is 15.3. The molecule has 128 valence electrons. The van der Waals surface area contributed by atoms with Gasteiger partial charge in [0.15, 0.2) is 0 Å². The van der Waals surface area contributed by atoms with Crippen LogP contribution < -0.4 is 5.32 Å². The Morgan fingerprint density at radius 1 is 1.23 bits per heavy atom. The predicted octanol–water partition coefficient (Wildman–Crippen LogP) is 2.55. The van der Waals surface area contributed by atoms with Crippen molar-refractivity contribution >= 4 is 5.91 Å². The van der Waals surface area contributed by atoms with Crippen LogP contribution in [0.5, 0.6) is 0 Å². The number of hydrogen-bond donors (Lipinski definition) is 2. The number of hydrogen-bond acceptors (Lipinski definition) is 3. The zero-order valence-corrected chi connectivity index (χ0v) is 15.0. The number of carbonyl (C=O) groups is 1. The van der Waals surface area contributed by atoms with Crippen LogP contribution in [-0.4, -0.2) is 47.2 Å². The summed E-state index contributed by atoms with van der Waals surface area (Å²) in [5, 5.41) is 13.4. The van der Waals surface area contributed by atoms with Crippen LogP contribution in [0.3, 0.4) is 0 Å². The lowest BCUT2D eigenvalue weighted by molar-refractivity contribution is -0.152. The lowest BCUT2D eigenvalue weighted by atomic mass is 9.74. The van der Waals surface area contributed by atoms with E-state index < -0.39 is 11.5 Å².